The van der Waals surface area contributed by atoms with Gasteiger partial charge in [0.2, 0.25) is 0 Å². The van der Waals surface area contributed by atoms with Crippen LogP contribution in [0, 0.1) is 0 Å². The lowest BCUT2D eigenvalue weighted by Crippen LogP contribution is -2.37. The molecule has 4 nitrogen and oxygen atoms in total. The predicted octanol–water partition coefficient (Wildman–Crippen LogP) is 1.89. The molecule has 0 aliphatic carbocycles. The molecule has 0 spiro atoms. The van der Waals surface area contributed by atoms with Crippen molar-refractivity contribution in [3.05, 3.63) is 28.0 Å². The van der Waals surface area contributed by atoms with Crippen LogP contribution in [0.1, 0.15) is 12.0 Å². The third-order valence-electron chi connectivity index (χ3n) is 3.35. The second-order valence-corrected chi connectivity index (χ2v) is 6.06. The number of aliphatic hydroxyl groups excluding tert-OH is 1. The van der Waals surface area contributed by atoms with E-state index in [0.29, 0.717) is 29.4 Å². The molecular weight excluding hydrogens is 285 g/mol. The summed E-state index contributed by atoms with van der Waals surface area (Å²) in [5.74, 6) is 0. The van der Waals surface area contributed by atoms with Crippen molar-refractivity contribution in [2.75, 3.05) is 27.2 Å². The van der Waals surface area contributed by atoms with E-state index in [1.165, 1.54) is 0 Å². The van der Waals surface area contributed by atoms with Gasteiger partial charge in [0.05, 0.1) is 6.10 Å². The number of β-amino-alcohol motifs (C(OH)–C–C–N with tert-alkyl or cyclic N) is 1. The van der Waals surface area contributed by atoms with Gasteiger partial charge in [-0.15, -0.1) is 0 Å². The number of halogens is 2. The number of likely N-dealkylation sites (tertiary alicyclic amines) is 1. The average molecular weight is 304 g/mol. The van der Waals surface area contributed by atoms with Gasteiger partial charge in [-0.3, -0.25) is 4.90 Å². The third kappa shape index (κ3) is 4.04. The highest BCUT2D eigenvalue weighted by molar-refractivity contribution is 6.32. The number of aliphatic hydroxyl groups is 1. The van der Waals surface area contributed by atoms with Crippen LogP contribution >= 0.6 is 23.2 Å². The quantitative estimate of drug-likeness (QED) is 0.862. The topological polar surface area (TPSA) is 39.6 Å². The maximum atomic E-state index is 9.84. The van der Waals surface area contributed by atoms with E-state index in [2.05, 4.69) is 14.8 Å². The van der Waals surface area contributed by atoms with Gasteiger partial charge in [0.15, 0.2) is 0 Å². The molecule has 19 heavy (non-hydrogen) atoms. The van der Waals surface area contributed by atoms with Crippen LogP contribution in [0.25, 0.3) is 0 Å². The highest BCUT2D eigenvalue weighted by Crippen LogP contribution is 2.24. The van der Waals surface area contributed by atoms with E-state index >= 15 is 0 Å². The SMILES string of the molecule is CN(C)CC1CC(O)CN1Cc1ccc(Cl)nc1Cl. The summed E-state index contributed by atoms with van der Waals surface area (Å²) in [6.45, 7) is 2.30. The fraction of sp³-hybridized carbons (Fsp3) is 0.615. The number of rotatable bonds is 4. The van der Waals surface area contributed by atoms with E-state index in [9.17, 15) is 5.11 Å². The van der Waals surface area contributed by atoms with Gasteiger partial charge in [0.25, 0.3) is 0 Å². The number of pyridine rings is 1. The van der Waals surface area contributed by atoms with Crippen molar-refractivity contribution < 1.29 is 5.11 Å². The Morgan fingerprint density at radius 1 is 1.42 bits per heavy atom. The molecule has 2 rings (SSSR count). The Labute approximate surface area is 123 Å². The molecule has 0 saturated carbocycles. The highest BCUT2D eigenvalue weighted by Gasteiger charge is 2.31. The van der Waals surface area contributed by atoms with Crippen LogP contribution in [-0.2, 0) is 6.54 Å². The summed E-state index contributed by atoms with van der Waals surface area (Å²) in [7, 11) is 4.08. The zero-order chi connectivity index (χ0) is 14.0. The van der Waals surface area contributed by atoms with Gasteiger partial charge < -0.3 is 10.0 Å². The second kappa shape index (κ2) is 6.37. The molecule has 6 heteroatoms. The number of aromatic nitrogens is 1. The molecular formula is C13H19Cl2N3O. The minimum absolute atomic E-state index is 0.260. The van der Waals surface area contributed by atoms with Crippen molar-refractivity contribution in [3.8, 4) is 0 Å². The molecule has 0 aromatic carbocycles. The van der Waals surface area contributed by atoms with Crippen LogP contribution in [0.5, 0.6) is 0 Å². The molecule has 1 saturated heterocycles. The molecule has 2 atom stereocenters. The summed E-state index contributed by atoms with van der Waals surface area (Å²) in [4.78, 5) is 8.44. The number of nitrogens with zero attached hydrogens (tertiary/aromatic N) is 3. The van der Waals surface area contributed by atoms with Crippen molar-refractivity contribution in [3.63, 3.8) is 0 Å². The van der Waals surface area contributed by atoms with Crippen LogP contribution < -0.4 is 0 Å². The van der Waals surface area contributed by atoms with Gasteiger partial charge in [0, 0.05) is 31.2 Å². The van der Waals surface area contributed by atoms with E-state index in [1.807, 2.05) is 20.2 Å². The summed E-state index contributed by atoms with van der Waals surface area (Å²) in [5, 5.41) is 10.7. The van der Waals surface area contributed by atoms with Gasteiger partial charge in [-0.1, -0.05) is 29.3 Å². The first kappa shape index (κ1) is 15.0. The Balaban J connectivity index is 2.07. The Bertz CT molecular complexity index is 442. The van der Waals surface area contributed by atoms with E-state index in [1.54, 1.807) is 6.07 Å². The first-order chi connectivity index (χ1) is 8.95. The minimum Gasteiger partial charge on any atom is -0.392 e. The van der Waals surface area contributed by atoms with Gasteiger partial charge in [-0.2, -0.15) is 0 Å². The van der Waals surface area contributed by atoms with E-state index < -0.39 is 0 Å². The van der Waals surface area contributed by atoms with E-state index in [4.69, 9.17) is 23.2 Å². The Kier molecular flexibility index (Phi) is 5.03. The summed E-state index contributed by atoms with van der Waals surface area (Å²) in [6, 6.07) is 3.99. The first-order valence-corrected chi connectivity index (χ1v) is 7.09. The lowest BCUT2D eigenvalue weighted by atomic mass is 10.2. The summed E-state index contributed by atoms with van der Waals surface area (Å²) in [5.41, 5.74) is 0.948. The molecule has 0 bridgehead atoms. The molecule has 1 aromatic rings. The first-order valence-electron chi connectivity index (χ1n) is 6.33. The van der Waals surface area contributed by atoms with Crippen LogP contribution in [0.4, 0.5) is 0 Å². The van der Waals surface area contributed by atoms with Gasteiger partial charge in [-0.05, 0) is 26.6 Å². The third-order valence-corrected chi connectivity index (χ3v) is 3.88. The smallest absolute Gasteiger partial charge is 0.135 e. The molecule has 1 N–H and O–H groups in total. The standard InChI is InChI=1S/C13H19Cl2N3O/c1-17(2)7-10-5-11(19)8-18(10)6-9-3-4-12(14)16-13(9)15/h3-4,10-11,19H,5-8H2,1-2H3. The van der Waals surface area contributed by atoms with Crippen LogP contribution in [0.3, 0.4) is 0 Å². The maximum absolute atomic E-state index is 9.84. The molecule has 0 amide bonds. The van der Waals surface area contributed by atoms with Crippen molar-refractivity contribution in [1.82, 2.24) is 14.8 Å². The normalized spacial score (nSPS) is 24.3. The molecule has 106 valence electrons. The average Bonchev–Trinajstić information content (AvgIpc) is 2.62. The van der Waals surface area contributed by atoms with E-state index in [0.717, 1.165) is 18.5 Å². The van der Waals surface area contributed by atoms with Gasteiger partial charge >= 0.3 is 0 Å². The van der Waals surface area contributed by atoms with Crippen LogP contribution in [0.15, 0.2) is 12.1 Å². The Hall–Kier alpha value is -0.390. The van der Waals surface area contributed by atoms with E-state index in [-0.39, 0.29) is 6.10 Å². The number of likely N-dealkylation sites (N-methyl/N-ethyl adjacent to an activating group) is 1. The molecule has 1 aliphatic rings. The summed E-state index contributed by atoms with van der Waals surface area (Å²) < 4.78 is 0. The fourth-order valence-corrected chi connectivity index (χ4v) is 2.94. The molecule has 2 unspecified atom stereocenters. The predicted molar refractivity (Wildman–Crippen MR) is 77.6 cm³/mol. The fourth-order valence-electron chi connectivity index (χ4n) is 2.54. The number of hydrogen-bond donors (Lipinski definition) is 1. The summed E-state index contributed by atoms with van der Waals surface area (Å²) >= 11 is 11.9. The Morgan fingerprint density at radius 2 is 2.16 bits per heavy atom. The lowest BCUT2D eigenvalue weighted by Gasteiger charge is -2.26. The highest BCUT2D eigenvalue weighted by atomic mass is 35.5. The van der Waals surface area contributed by atoms with Crippen molar-refractivity contribution in [2.45, 2.75) is 25.1 Å². The second-order valence-electron chi connectivity index (χ2n) is 5.32. The van der Waals surface area contributed by atoms with Crippen LogP contribution in [-0.4, -0.2) is 59.2 Å². The molecule has 1 fully saturated rings. The van der Waals surface area contributed by atoms with Gasteiger partial charge in [-0.25, -0.2) is 4.98 Å². The molecule has 2 heterocycles. The van der Waals surface area contributed by atoms with Gasteiger partial charge in [0.1, 0.15) is 10.3 Å². The maximum Gasteiger partial charge on any atom is 0.135 e. The van der Waals surface area contributed by atoms with Crippen LogP contribution in [0.2, 0.25) is 10.3 Å². The molecule has 0 radical (unpaired) electrons. The van der Waals surface area contributed by atoms with Crippen molar-refractivity contribution in [1.29, 1.82) is 0 Å². The van der Waals surface area contributed by atoms with Crippen molar-refractivity contribution >= 4 is 23.2 Å². The van der Waals surface area contributed by atoms with Crippen molar-refractivity contribution in [2.24, 2.45) is 0 Å². The lowest BCUT2D eigenvalue weighted by molar-refractivity contribution is 0.169. The monoisotopic (exact) mass is 303 g/mol. The molecule has 1 aromatic heterocycles. The molecule has 1 aliphatic heterocycles. The number of hydrogen-bond acceptors (Lipinski definition) is 4. The zero-order valence-corrected chi connectivity index (χ0v) is 12.7. The summed E-state index contributed by atoms with van der Waals surface area (Å²) in [6.07, 6.45) is 0.542. The Morgan fingerprint density at radius 3 is 2.79 bits per heavy atom. The minimum atomic E-state index is -0.260. The zero-order valence-electron chi connectivity index (χ0n) is 11.2. The largest absolute Gasteiger partial charge is 0.392 e.